The largest absolute Gasteiger partial charge is 0.349 e. The second kappa shape index (κ2) is 9.18. The molecular weight excluding hydrogens is 303 g/mol. The number of hydrogen-bond acceptors (Lipinski definition) is 1. The molecule has 0 fully saturated rings. The van der Waals surface area contributed by atoms with Crippen molar-refractivity contribution in [1.29, 1.82) is 0 Å². The van der Waals surface area contributed by atoms with Crippen molar-refractivity contribution >= 4 is 5.91 Å². The van der Waals surface area contributed by atoms with E-state index in [1.54, 1.807) is 12.1 Å². The molecule has 0 aliphatic carbocycles. The van der Waals surface area contributed by atoms with Crippen LogP contribution in [0.15, 0.2) is 54.6 Å². The van der Waals surface area contributed by atoms with Crippen LogP contribution < -0.4 is 10.2 Å². The molecule has 128 valence electrons. The quantitative estimate of drug-likeness (QED) is 0.763. The zero-order valence-electron chi connectivity index (χ0n) is 14.4. The molecular formula is C20H26FN2O+. The first-order valence-corrected chi connectivity index (χ1v) is 8.42. The maximum Gasteiger partial charge on any atom is 0.275 e. The number of benzene rings is 2. The van der Waals surface area contributed by atoms with Gasteiger partial charge in [0.2, 0.25) is 0 Å². The Morgan fingerprint density at radius 3 is 2.50 bits per heavy atom. The summed E-state index contributed by atoms with van der Waals surface area (Å²) in [4.78, 5) is 13.1. The standard InChI is InChI=1S/C20H25FN2O/c1-16(12-13-17-8-4-3-5-9-17)22-20(24)15-23(2)14-18-10-6-7-11-19(18)21/h3-11,16H,12-15H2,1-2H3,(H,22,24)/p+1/t16-/m1/s1. The lowest BCUT2D eigenvalue weighted by atomic mass is 10.1. The Balaban J connectivity index is 1.72. The van der Waals surface area contributed by atoms with E-state index in [0.717, 1.165) is 17.7 Å². The van der Waals surface area contributed by atoms with Crippen LogP contribution in [0.2, 0.25) is 0 Å². The molecule has 1 amide bonds. The zero-order chi connectivity index (χ0) is 17.4. The van der Waals surface area contributed by atoms with Gasteiger partial charge in [0.1, 0.15) is 12.4 Å². The minimum atomic E-state index is -0.214. The van der Waals surface area contributed by atoms with Gasteiger partial charge in [0.25, 0.3) is 5.91 Å². The number of carbonyl (C=O) groups is 1. The van der Waals surface area contributed by atoms with E-state index in [4.69, 9.17) is 0 Å². The number of hydrogen-bond donors (Lipinski definition) is 2. The molecule has 2 aromatic rings. The van der Waals surface area contributed by atoms with E-state index in [9.17, 15) is 9.18 Å². The monoisotopic (exact) mass is 329 g/mol. The first kappa shape index (κ1) is 18.1. The third kappa shape index (κ3) is 6.13. The van der Waals surface area contributed by atoms with Crippen molar-refractivity contribution in [1.82, 2.24) is 5.32 Å². The van der Waals surface area contributed by atoms with Crippen LogP contribution in [-0.2, 0) is 17.8 Å². The molecule has 2 atom stereocenters. The number of amides is 1. The summed E-state index contributed by atoms with van der Waals surface area (Å²) in [5.74, 6) is -0.210. The van der Waals surface area contributed by atoms with Crippen molar-refractivity contribution in [2.24, 2.45) is 0 Å². The molecule has 0 aliphatic heterocycles. The van der Waals surface area contributed by atoms with E-state index in [1.165, 1.54) is 11.6 Å². The van der Waals surface area contributed by atoms with Crippen molar-refractivity contribution in [3.8, 4) is 0 Å². The Morgan fingerprint density at radius 1 is 1.12 bits per heavy atom. The van der Waals surface area contributed by atoms with Gasteiger partial charge in [-0.2, -0.15) is 0 Å². The average molecular weight is 329 g/mol. The van der Waals surface area contributed by atoms with Gasteiger partial charge in [-0.05, 0) is 31.4 Å². The Hall–Kier alpha value is -2.20. The molecule has 2 aromatic carbocycles. The fourth-order valence-electron chi connectivity index (χ4n) is 2.73. The van der Waals surface area contributed by atoms with E-state index in [2.05, 4.69) is 17.4 Å². The summed E-state index contributed by atoms with van der Waals surface area (Å²) in [6.07, 6.45) is 1.85. The van der Waals surface area contributed by atoms with Gasteiger partial charge in [0, 0.05) is 11.6 Å². The highest BCUT2D eigenvalue weighted by atomic mass is 19.1. The van der Waals surface area contributed by atoms with Gasteiger partial charge in [-0.25, -0.2) is 4.39 Å². The number of quaternary nitrogens is 1. The average Bonchev–Trinajstić information content (AvgIpc) is 2.56. The molecule has 24 heavy (non-hydrogen) atoms. The van der Waals surface area contributed by atoms with E-state index in [1.807, 2.05) is 38.2 Å². The Kier molecular flexibility index (Phi) is 6.94. The third-order valence-corrected chi connectivity index (χ3v) is 4.03. The molecule has 0 bridgehead atoms. The summed E-state index contributed by atoms with van der Waals surface area (Å²) in [6.45, 7) is 2.86. The molecule has 2 rings (SSSR count). The van der Waals surface area contributed by atoms with Crippen LogP contribution in [0.25, 0.3) is 0 Å². The van der Waals surface area contributed by atoms with Gasteiger partial charge >= 0.3 is 0 Å². The van der Waals surface area contributed by atoms with Crippen LogP contribution in [0.3, 0.4) is 0 Å². The van der Waals surface area contributed by atoms with Gasteiger partial charge in [0.05, 0.1) is 7.05 Å². The molecule has 1 unspecified atom stereocenters. The smallest absolute Gasteiger partial charge is 0.275 e. The predicted molar refractivity (Wildman–Crippen MR) is 94.2 cm³/mol. The topological polar surface area (TPSA) is 33.5 Å². The highest BCUT2D eigenvalue weighted by molar-refractivity contribution is 5.77. The lowest BCUT2D eigenvalue weighted by Gasteiger charge is -2.17. The second-order valence-corrected chi connectivity index (χ2v) is 6.39. The Labute approximate surface area is 143 Å². The van der Waals surface area contributed by atoms with E-state index < -0.39 is 0 Å². The van der Waals surface area contributed by atoms with E-state index in [-0.39, 0.29) is 17.8 Å². The highest BCUT2D eigenvalue weighted by Gasteiger charge is 2.14. The zero-order valence-corrected chi connectivity index (χ0v) is 14.4. The minimum Gasteiger partial charge on any atom is -0.349 e. The predicted octanol–water partition coefficient (Wildman–Crippen LogP) is 1.98. The number of halogens is 1. The lowest BCUT2D eigenvalue weighted by Crippen LogP contribution is -3.09. The molecule has 0 aromatic heterocycles. The van der Waals surface area contributed by atoms with Gasteiger partial charge in [0.15, 0.2) is 6.54 Å². The van der Waals surface area contributed by atoms with Crippen molar-refractivity contribution in [3.63, 3.8) is 0 Å². The molecule has 0 saturated carbocycles. The summed E-state index contributed by atoms with van der Waals surface area (Å²) in [7, 11) is 1.90. The normalized spacial score (nSPS) is 13.3. The molecule has 0 aliphatic rings. The van der Waals surface area contributed by atoms with Crippen LogP contribution in [0.1, 0.15) is 24.5 Å². The summed E-state index contributed by atoms with van der Waals surface area (Å²) >= 11 is 0. The first-order valence-electron chi connectivity index (χ1n) is 8.42. The van der Waals surface area contributed by atoms with Crippen molar-refractivity contribution in [2.45, 2.75) is 32.4 Å². The first-order chi connectivity index (χ1) is 11.5. The van der Waals surface area contributed by atoms with Gasteiger partial charge in [-0.15, -0.1) is 0 Å². The number of aryl methyl sites for hydroxylation is 1. The SMILES string of the molecule is C[C@H](CCc1ccccc1)NC(=O)C[NH+](C)Cc1ccccc1F. The lowest BCUT2D eigenvalue weighted by molar-refractivity contribution is -0.885. The summed E-state index contributed by atoms with van der Waals surface area (Å²) in [6, 6.07) is 17.1. The maximum absolute atomic E-state index is 13.6. The van der Waals surface area contributed by atoms with E-state index in [0.29, 0.717) is 18.7 Å². The van der Waals surface area contributed by atoms with Crippen molar-refractivity contribution in [2.75, 3.05) is 13.6 Å². The maximum atomic E-state index is 13.6. The van der Waals surface area contributed by atoms with Crippen molar-refractivity contribution < 1.29 is 14.1 Å². The summed E-state index contributed by atoms with van der Waals surface area (Å²) < 4.78 is 13.6. The Bertz CT molecular complexity index is 645. The molecule has 0 radical (unpaired) electrons. The minimum absolute atomic E-state index is 0.00407. The van der Waals surface area contributed by atoms with Crippen LogP contribution >= 0.6 is 0 Å². The van der Waals surface area contributed by atoms with Crippen LogP contribution in [0.5, 0.6) is 0 Å². The fraction of sp³-hybridized carbons (Fsp3) is 0.350. The number of rotatable bonds is 8. The third-order valence-electron chi connectivity index (χ3n) is 4.03. The molecule has 0 heterocycles. The Morgan fingerprint density at radius 2 is 1.79 bits per heavy atom. The van der Waals surface area contributed by atoms with E-state index >= 15 is 0 Å². The van der Waals surface area contributed by atoms with Crippen LogP contribution in [-0.4, -0.2) is 25.5 Å². The molecule has 3 nitrogen and oxygen atoms in total. The van der Waals surface area contributed by atoms with Gasteiger partial charge in [-0.1, -0.05) is 48.5 Å². The molecule has 4 heteroatoms. The van der Waals surface area contributed by atoms with Gasteiger partial charge in [-0.3, -0.25) is 4.79 Å². The number of likely N-dealkylation sites (N-methyl/N-ethyl adjacent to an activating group) is 1. The van der Waals surface area contributed by atoms with Crippen LogP contribution in [0.4, 0.5) is 4.39 Å². The fourth-order valence-corrected chi connectivity index (χ4v) is 2.73. The summed E-state index contributed by atoms with van der Waals surface area (Å²) in [5, 5.41) is 3.03. The summed E-state index contributed by atoms with van der Waals surface area (Å²) in [5.41, 5.74) is 1.92. The molecule has 0 saturated heterocycles. The van der Waals surface area contributed by atoms with Crippen LogP contribution in [0, 0.1) is 5.82 Å². The highest BCUT2D eigenvalue weighted by Crippen LogP contribution is 2.05. The number of carbonyl (C=O) groups excluding carboxylic acids is 1. The number of nitrogens with one attached hydrogen (secondary N) is 2. The van der Waals surface area contributed by atoms with Gasteiger partial charge < -0.3 is 10.2 Å². The molecule has 2 N–H and O–H groups in total. The molecule has 0 spiro atoms. The second-order valence-electron chi connectivity index (χ2n) is 6.39. The van der Waals surface area contributed by atoms with Crippen molar-refractivity contribution in [3.05, 3.63) is 71.5 Å².